The van der Waals surface area contributed by atoms with Crippen molar-refractivity contribution >= 4 is 28.8 Å². The van der Waals surface area contributed by atoms with E-state index in [1.165, 1.54) is 31.6 Å². The SMILES string of the molecule is COc1cc(CCNC(=O)C2CCN(C(=O)c3cccs3)CC2)c([N+](=O)[O-])cc1OC. The first-order valence-electron chi connectivity index (χ1n) is 9.94. The largest absolute Gasteiger partial charge is 0.493 e. The molecule has 1 fully saturated rings. The molecule has 2 heterocycles. The summed E-state index contributed by atoms with van der Waals surface area (Å²) in [6, 6.07) is 6.55. The molecule has 0 atom stereocenters. The maximum absolute atomic E-state index is 12.5. The molecule has 166 valence electrons. The summed E-state index contributed by atoms with van der Waals surface area (Å²) in [4.78, 5) is 38.4. The molecule has 1 aromatic heterocycles. The minimum atomic E-state index is -0.473. The zero-order chi connectivity index (χ0) is 22.4. The number of nitrogens with zero attached hydrogens (tertiary/aromatic N) is 2. The van der Waals surface area contributed by atoms with Crippen molar-refractivity contribution in [1.29, 1.82) is 0 Å². The number of amides is 2. The normalized spacial score (nSPS) is 14.2. The van der Waals surface area contributed by atoms with Gasteiger partial charge in [-0.25, -0.2) is 0 Å². The van der Waals surface area contributed by atoms with Crippen molar-refractivity contribution in [1.82, 2.24) is 10.2 Å². The second-order valence-electron chi connectivity index (χ2n) is 7.18. The van der Waals surface area contributed by atoms with Gasteiger partial charge in [0.2, 0.25) is 5.91 Å². The van der Waals surface area contributed by atoms with Gasteiger partial charge in [-0.05, 0) is 36.8 Å². The Morgan fingerprint density at radius 2 is 1.90 bits per heavy atom. The number of hydrogen-bond acceptors (Lipinski definition) is 7. The van der Waals surface area contributed by atoms with Gasteiger partial charge in [-0.15, -0.1) is 11.3 Å². The molecule has 0 unspecified atom stereocenters. The van der Waals surface area contributed by atoms with Crippen LogP contribution in [-0.4, -0.2) is 55.5 Å². The summed E-state index contributed by atoms with van der Waals surface area (Å²) in [7, 11) is 2.88. The standard InChI is InChI=1S/C21H25N3O6S/c1-29-17-12-15(16(24(27)28)13-18(17)30-2)5-8-22-20(25)14-6-9-23(10-7-14)21(26)19-4-3-11-31-19/h3-4,11-14H,5-10H2,1-2H3,(H,22,25). The lowest BCUT2D eigenvalue weighted by Crippen LogP contribution is -2.43. The molecule has 0 radical (unpaired) electrons. The smallest absolute Gasteiger partial charge is 0.276 e. The van der Waals surface area contributed by atoms with Crippen molar-refractivity contribution < 1.29 is 24.0 Å². The van der Waals surface area contributed by atoms with Gasteiger partial charge in [0.25, 0.3) is 11.6 Å². The molecule has 0 saturated carbocycles. The Morgan fingerprint density at radius 3 is 2.48 bits per heavy atom. The quantitative estimate of drug-likeness (QED) is 0.492. The first-order chi connectivity index (χ1) is 14.9. The zero-order valence-corrected chi connectivity index (χ0v) is 18.3. The predicted molar refractivity (Wildman–Crippen MR) is 116 cm³/mol. The van der Waals surface area contributed by atoms with Gasteiger partial charge in [-0.3, -0.25) is 19.7 Å². The molecular weight excluding hydrogens is 422 g/mol. The van der Waals surface area contributed by atoms with E-state index in [9.17, 15) is 19.7 Å². The second kappa shape index (κ2) is 10.3. The Kier molecular flexibility index (Phi) is 7.45. The van der Waals surface area contributed by atoms with Crippen LogP contribution in [0, 0.1) is 16.0 Å². The van der Waals surface area contributed by atoms with Gasteiger partial charge >= 0.3 is 0 Å². The summed E-state index contributed by atoms with van der Waals surface area (Å²) < 4.78 is 10.4. The molecule has 31 heavy (non-hydrogen) atoms. The summed E-state index contributed by atoms with van der Waals surface area (Å²) >= 11 is 1.41. The van der Waals surface area contributed by atoms with Crippen LogP contribution in [0.1, 0.15) is 28.1 Å². The Morgan fingerprint density at radius 1 is 1.23 bits per heavy atom. The van der Waals surface area contributed by atoms with Crippen LogP contribution in [0.15, 0.2) is 29.6 Å². The fourth-order valence-electron chi connectivity index (χ4n) is 3.65. The number of nitro groups is 1. The molecule has 2 amide bonds. The highest BCUT2D eigenvalue weighted by Crippen LogP contribution is 2.34. The van der Waals surface area contributed by atoms with Gasteiger partial charge in [0.1, 0.15) is 0 Å². The van der Waals surface area contributed by atoms with Gasteiger partial charge in [-0.1, -0.05) is 6.07 Å². The van der Waals surface area contributed by atoms with Gasteiger partial charge in [0.05, 0.1) is 30.1 Å². The summed E-state index contributed by atoms with van der Waals surface area (Å²) in [5.41, 5.74) is 0.381. The van der Waals surface area contributed by atoms with Crippen LogP contribution in [0.3, 0.4) is 0 Å². The van der Waals surface area contributed by atoms with E-state index in [1.807, 2.05) is 11.4 Å². The molecule has 1 aliphatic rings. The van der Waals surface area contributed by atoms with E-state index in [4.69, 9.17) is 9.47 Å². The minimum absolute atomic E-state index is 0.00891. The van der Waals surface area contributed by atoms with E-state index in [0.717, 1.165) is 0 Å². The number of carbonyl (C=O) groups excluding carboxylic acids is 2. The molecule has 1 saturated heterocycles. The lowest BCUT2D eigenvalue weighted by Gasteiger charge is -2.31. The van der Waals surface area contributed by atoms with Crippen molar-refractivity contribution in [2.24, 2.45) is 5.92 Å². The Balaban J connectivity index is 1.53. The van der Waals surface area contributed by atoms with Crippen LogP contribution in [0.2, 0.25) is 0 Å². The fraction of sp³-hybridized carbons (Fsp3) is 0.429. The lowest BCUT2D eigenvalue weighted by atomic mass is 9.95. The highest BCUT2D eigenvalue weighted by atomic mass is 32.1. The summed E-state index contributed by atoms with van der Waals surface area (Å²) in [5, 5.41) is 16.1. The number of nitrogens with one attached hydrogen (secondary N) is 1. The molecule has 1 aliphatic heterocycles. The number of carbonyl (C=O) groups is 2. The summed E-state index contributed by atoms with van der Waals surface area (Å²) in [5.74, 6) is 0.428. The van der Waals surface area contributed by atoms with E-state index >= 15 is 0 Å². The highest BCUT2D eigenvalue weighted by Gasteiger charge is 2.28. The molecular formula is C21H25N3O6S. The van der Waals surface area contributed by atoms with E-state index in [2.05, 4.69) is 5.32 Å². The molecule has 0 spiro atoms. The third-order valence-electron chi connectivity index (χ3n) is 5.36. The summed E-state index contributed by atoms with van der Waals surface area (Å²) in [6.07, 6.45) is 1.48. The first kappa shape index (κ1) is 22.5. The summed E-state index contributed by atoms with van der Waals surface area (Å²) in [6.45, 7) is 1.34. The monoisotopic (exact) mass is 447 g/mol. The predicted octanol–water partition coefficient (Wildman–Crippen LogP) is 2.88. The number of hydrogen-bond donors (Lipinski definition) is 1. The van der Waals surface area contributed by atoms with Gasteiger partial charge in [0.15, 0.2) is 11.5 Å². The number of thiophene rings is 1. The van der Waals surface area contributed by atoms with E-state index < -0.39 is 4.92 Å². The van der Waals surface area contributed by atoms with Crippen LogP contribution >= 0.6 is 11.3 Å². The zero-order valence-electron chi connectivity index (χ0n) is 17.5. The number of nitro benzene ring substituents is 1. The van der Waals surface area contributed by atoms with Crippen molar-refractivity contribution in [2.45, 2.75) is 19.3 Å². The number of likely N-dealkylation sites (tertiary alicyclic amines) is 1. The third kappa shape index (κ3) is 5.32. The maximum Gasteiger partial charge on any atom is 0.276 e. The van der Waals surface area contributed by atoms with Crippen LogP contribution in [0.5, 0.6) is 11.5 Å². The van der Waals surface area contributed by atoms with Crippen LogP contribution in [0.25, 0.3) is 0 Å². The minimum Gasteiger partial charge on any atom is -0.493 e. The maximum atomic E-state index is 12.5. The third-order valence-corrected chi connectivity index (χ3v) is 6.22. The lowest BCUT2D eigenvalue weighted by molar-refractivity contribution is -0.385. The fourth-order valence-corrected chi connectivity index (χ4v) is 4.34. The Bertz CT molecular complexity index is 939. The number of ether oxygens (including phenoxy) is 2. The molecule has 0 bridgehead atoms. The average molecular weight is 448 g/mol. The number of benzene rings is 1. The van der Waals surface area contributed by atoms with E-state index in [-0.39, 0.29) is 42.1 Å². The molecule has 9 nitrogen and oxygen atoms in total. The molecule has 10 heteroatoms. The Labute approximate surface area is 184 Å². The first-order valence-corrected chi connectivity index (χ1v) is 10.8. The molecule has 3 rings (SSSR count). The molecule has 0 aliphatic carbocycles. The second-order valence-corrected chi connectivity index (χ2v) is 8.13. The highest BCUT2D eigenvalue weighted by molar-refractivity contribution is 7.12. The molecule has 2 aromatic rings. The average Bonchev–Trinajstić information content (AvgIpc) is 3.33. The van der Waals surface area contributed by atoms with E-state index in [0.29, 0.717) is 42.1 Å². The number of piperidine rings is 1. The van der Waals surface area contributed by atoms with Crippen LogP contribution < -0.4 is 14.8 Å². The number of rotatable bonds is 8. The molecule has 1 N–H and O–H groups in total. The van der Waals surface area contributed by atoms with Crippen molar-refractivity contribution in [3.63, 3.8) is 0 Å². The van der Waals surface area contributed by atoms with Crippen molar-refractivity contribution in [3.8, 4) is 11.5 Å². The van der Waals surface area contributed by atoms with Crippen molar-refractivity contribution in [3.05, 3.63) is 50.2 Å². The van der Waals surface area contributed by atoms with E-state index in [1.54, 1.807) is 17.0 Å². The topological polar surface area (TPSA) is 111 Å². The number of methoxy groups -OCH3 is 2. The Hall–Kier alpha value is -3.14. The van der Waals surface area contributed by atoms with Gasteiger partial charge in [0, 0.05) is 31.1 Å². The molecule has 1 aromatic carbocycles. The van der Waals surface area contributed by atoms with Gasteiger partial charge in [-0.2, -0.15) is 0 Å². The van der Waals surface area contributed by atoms with Crippen LogP contribution in [-0.2, 0) is 11.2 Å². The van der Waals surface area contributed by atoms with Crippen LogP contribution in [0.4, 0.5) is 5.69 Å². The van der Waals surface area contributed by atoms with Crippen molar-refractivity contribution in [2.75, 3.05) is 33.9 Å². The van der Waals surface area contributed by atoms with Gasteiger partial charge < -0.3 is 19.7 Å².